The van der Waals surface area contributed by atoms with Crippen molar-refractivity contribution in [1.29, 1.82) is 0 Å². The van der Waals surface area contributed by atoms with E-state index in [1.54, 1.807) is 17.6 Å². The van der Waals surface area contributed by atoms with Gasteiger partial charge < -0.3 is 15.1 Å². The van der Waals surface area contributed by atoms with Crippen LogP contribution in [0, 0.1) is 5.92 Å². The summed E-state index contributed by atoms with van der Waals surface area (Å²) in [5, 5.41) is 3.35. The summed E-state index contributed by atoms with van der Waals surface area (Å²) in [5.41, 5.74) is 0.774. The lowest BCUT2D eigenvalue weighted by Crippen LogP contribution is -2.58. The Hall–Kier alpha value is -2.15. The Labute approximate surface area is 153 Å². The van der Waals surface area contributed by atoms with Crippen molar-refractivity contribution in [2.75, 3.05) is 32.7 Å². The van der Waals surface area contributed by atoms with E-state index >= 15 is 0 Å². The van der Waals surface area contributed by atoms with Crippen LogP contribution in [0.4, 0.5) is 0 Å². The molecule has 0 radical (unpaired) electrons. The molecular weight excluding hydrogens is 332 g/mol. The van der Waals surface area contributed by atoms with Crippen LogP contribution in [0.25, 0.3) is 0 Å². The third kappa shape index (κ3) is 2.84. The monoisotopic (exact) mass is 358 g/mol. The maximum Gasteiger partial charge on any atom is 0.251 e. The van der Waals surface area contributed by atoms with Gasteiger partial charge in [0.15, 0.2) is 0 Å². The predicted molar refractivity (Wildman–Crippen MR) is 96.9 cm³/mol. The first kappa shape index (κ1) is 17.3. The Morgan fingerprint density at radius 1 is 1.15 bits per heavy atom. The van der Waals surface area contributed by atoms with Crippen LogP contribution >= 0.6 is 0 Å². The van der Waals surface area contributed by atoms with Gasteiger partial charge in [0.2, 0.25) is 11.8 Å². The first-order valence-electron chi connectivity index (χ1n) is 9.45. The molecule has 4 rings (SSSR count). The van der Waals surface area contributed by atoms with Gasteiger partial charge in [-0.2, -0.15) is 0 Å². The van der Waals surface area contributed by atoms with Crippen LogP contribution in [0.5, 0.6) is 0 Å². The van der Waals surface area contributed by atoms with Gasteiger partial charge in [0.1, 0.15) is 6.04 Å². The zero-order valence-corrected chi connectivity index (χ0v) is 15.4. The highest BCUT2D eigenvalue weighted by Crippen LogP contribution is 2.41. The number of carbonyl (C=O) groups excluding carboxylic acids is 2. The summed E-state index contributed by atoms with van der Waals surface area (Å²) >= 11 is 0. The van der Waals surface area contributed by atoms with Crippen molar-refractivity contribution in [3.63, 3.8) is 0 Å². The van der Waals surface area contributed by atoms with Crippen LogP contribution in [0.1, 0.15) is 37.9 Å². The van der Waals surface area contributed by atoms with Gasteiger partial charge in [-0.1, -0.05) is 6.07 Å². The van der Waals surface area contributed by atoms with Crippen LogP contribution in [0.15, 0.2) is 23.0 Å². The molecule has 0 spiro atoms. The summed E-state index contributed by atoms with van der Waals surface area (Å²) in [5.74, 6) is 0.163. The van der Waals surface area contributed by atoms with Gasteiger partial charge in [-0.05, 0) is 19.4 Å². The number of nitrogens with zero attached hydrogens (tertiary/aromatic N) is 3. The lowest BCUT2D eigenvalue weighted by molar-refractivity contribution is -0.142. The van der Waals surface area contributed by atoms with Gasteiger partial charge >= 0.3 is 0 Å². The molecule has 140 valence electrons. The molecule has 4 heterocycles. The van der Waals surface area contributed by atoms with E-state index in [9.17, 15) is 14.4 Å². The second kappa shape index (κ2) is 6.54. The molecule has 2 fully saturated rings. The van der Waals surface area contributed by atoms with Gasteiger partial charge in [0.25, 0.3) is 5.56 Å². The Bertz CT molecular complexity index is 789. The average Bonchev–Trinajstić information content (AvgIpc) is 2.62. The fourth-order valence-corrected chi connectivity index (χ4v) is 4.83. The minimum atomic E-state index is -0.512. The van der Waals surface area contributed by atoms with E-state index in [0.29, 0.717) is 26.2 Å². The van der Waals surface area contributed by atoms with Crippen molar-refractivity contribution in [3.8, 4) is 0 Å². The molecule has 2 amide bonds. The van der Waals surface area contributed by atoms with Crippen LogP contribution < -0.4 is 10.9 Å². The number of hydrogen-bond acceptors (Lipinski definition) is 4. The van der Waals surface area contributed by atoms with E-state index in [-0.39, 0.29) is 35.3 Å². The number of hydrogen-bond donors (Lipinski definition) is 1. The highest BCUT2D eigenvalue weighted by Gasteiger charge is 2.45. The second-order valence-corrected chi connectivity index (χ2v) is 7.86. The van der Waals surface area contributed by atoms with Crippen LogP contribution in [0.2, 0.25) is 0 Å². The molecule has 7 heteroatoms. The summed E-state index contributed by atoms with van der Waals surface area (Å²) < 4.78 is 1.71. The number of piperazine rings is 1. The van der Waals surface area contributed by atoms with Crippen molar-refractivity contribution in [3.05, 3.63) is 34.2 Å². The highest BCUT2D eigenvalue weighted by atomic mass is 16.2. The second-order valence-electron chi connectivity index (χ2n) is 7.86. The number of aromatic nitrogens is 1. The normalized spacial score (nSPS) is 30.7. The van der Waals surface area contributed by atoms with Crippen LogP contribution in [0.3, 0.4) is 0 Å². The van der Waals surface area contributed by atoms with Crippen molar-refractivity contribution in [1.82, 2.24) is 19.7 Å². The first-order valence-corrected chi connectivity index (χ1v) is 9.45. The Balaban J connectivity index is 1.75. The molecule has 1 aromatic heterocycles. The van der Waals surface area contributed by atoms with E-state index in [1.165, 1.54) is 6.07 Å². The van der Waals surface area contributed by atoms with E-state index in [2.05, 4.69) is 12.2 Å². The zero-order chi connectivity index (χ0) is 18.4. The molecule has 0 aliphatic carbocycles. The van der Waals surface area contributed by atoms with E-state index in [0.717, 1.165) is 18.7 Å². The third-order valence-electron chi connectivity index (χ3n) is 6.03. The Kier molecular flexibility index (Phi) is 4.34. The molecule has 3 aliphatic rings. The van der Waals surface area contributed by atoms with Gasteiger partial charge in [0.05, 0.1) is 0 Å². The molecule has 26 heavy (non-hydrogen) atoms. The molecule has 1 N–H and O–H groups in total. The topological polar surface area (TPSA) is 74.7 Å². The molecule has 4 atom stereocenters. The van der Waals surface area contributed by atoms with Gasteiger partial charge in [-0.3, -0.25) is 19.0 Å². The summed E-state index contributed by atoms with van der Waals surface area (Å²) in [6.07, 6.45) is 0.852. The number of likely N-dealkylation sites (tertiary alicyclic amines) is 1. The van der Waals surface area contributed by atoms with Gasteiger partial charge in [-0.25, -0.2) is 0 Å². The quantitative estimate of drug-likeness (QED) is 0.777. The van der Waals surface area contributed by atoms with Crippen molar-refractivity contribution in [2.24, 2.45) is 5.92 Å². The number of fused-ring (bicyclic) bond motifs is 4. The average molecular weight is 358 g/mol. The number of piperidine rings is 1. The maximum atomic E-state index is 13.4. The molecule has 0 unspecified atom stereocenters. The molecule has 0 aromatic carbocycles. The summed E-state index contributed by atoms with van der Waals surface area (Å²) in [6, 6.07) is 4.97. The zero-order valence-electron chi connectivity index (χ0n) is 15.4. The molecule has 7 nitrogen and oxygen atoms in total. The Morgan fingerprint density at radius 3 is 2.69 bits per heavy atom. The van der Waals surface area contributed by atoms with Gasteiger partial charge in [0, 0.05) is 69.3 Å². The fourth-order valence-electron chi connectivity index (χ4n) is 4.83. The van der Waals surface area contributed by atoms with Crippen LogP contribution in [-0.2, 0) is 9.59 Å². The minimum Gasteiger partial charge on any atom is -0.342 e. The minimum absolute atomic E-state index is 0.0112. The Morgan fingerprint density at radius 2 is 1.96 bits per heavy atom. The lowest BCUT2D eigenvalue weighted by Gasteiger charge is -2.47. The number of amides is 2. The standard InChI is InChI=1S/C19H26N4O3/c1-12-9-21(7-6-20-12)19(26)18-15-8-14(10-22(11-15)13(2)24)16-4-3-5-17(25)23(16)18/h3-5,12,14-15,18,20H,6-11H2,1-2H3/t12-,14-,15+,18-/m1/s1. The molecule has 0 saturated carbocycles. The summed E-state index contributed by atoms with van der Waals surface area (Å²) in [4.78, 5) is 41.8. The third-order valence-corrected chi connectivity index (χ3v) is 6.03. The highest BCUT2D eigenvalue weighted by molar-refractivity contribution is 5.82. The van der Waals surface area contributed by atoms with Crippen molar-refractivity contribution < 1.29 is 9.59 Å². The summed E-state index contributed by atoms with van der Waals surface area (Å²) in [7, 11) is 0. The number of pyridine rings is 1. The van der Waals surface area contributed by atoms with Crippen molar-refractivity contribution >= 4 is 11.8 Å². The molecule has 2 bridgehead atoms. The molecule has 1 aromatic rings. The SMILES string of the molecule is CC(=O)N1C[C@H]2C[C@@H](C1)[C@H](C(=O)N1CCN[C@H](C)C1)n1c2cccc1=O. The number of carbonyl (C=O) groups is 2. The number of nitrogens with one attached hydrogen (secondary N) is 1. The van der Waals surface area contributed by atoms with E-state index in [1.807, 2.05) is 15.9 Å². The van der Waals surface area contributed by atoms with E-state index in [4.69, 9.17) is 0 Å². The first-order chi connectivity index (χ1) is 12.5. The predicted octanol–water partition coefficient (Wildman–Crippen LogP) is 0.175. The fraction of sp³-hybridized carbons (Fsp3) is 0.632. The number of rotatable bonds is 1. The molecule has 3 aliphatic heterocycles. The summed E-state index contributed by atoms with van der Waals surface area (Å²) in [6.45, 7) is 6.89. The molecular formula is C19H26N4O3. The maximum absolute atomic E-state index is 13.4. The largest absolute Gasteiger partial charge is 0.342 e. The molecule has 2 saturated heterocycles. The van der Waals surface area contributed by atoms with Gasteiger partial charge in [-0.15, -0.1) is 0 Å². The lowest BCUT2D eigenvalue weighted by atomic mass is 9.78. The van der Waals surface area contributed by atoms with Crippen molar-refractivity contribution in [2.45, 2.75) is 38.3 Å². The van der Waals surface area contributed by atoms with Crippen LogP contribution in [-0.4, -0.2) is 64.9 Å². The van der Waals surface area contributed by atoms with E-state index < -0.39 is 6.04 Å². The smallest absolute Gasteiger partial charge is 0.251 e.